The lowest BCUT2D eigenvalue weighted by Crippen LogP contribution is -2.30. The van der Waals surface area contributed by atoms with Gasteiger partial charge in [0.1, 0.15) is 5.82 Å². The average molecular weight is 278 g/mol. The Morgan fingerprint density at radius 1 is 1.26 bits per heavy atom. The number of nitrogens with one attached hydrogen (secondary N) is 1. The minimum atomic E-state index is 0.243. The van der Waals surface area contributed by atoms with E-state index in [1.165, 1.54) is 6.42 Å². The Labute approximate surface area is 117 Å². The summed E-state index contributed by atoms with van der Waals surface area (Å²) in [4.78, 5) is 8.55. The molecule has 0 bridgehead atoms. The van der Waals surface area contributed by atoms with Gasteiger partial charge >= 0.3 is 0 Å². The number of benzene rings is 1. The highest BCUT2D eigenvalue weighted by molar-refractivity contribution is 6.28. The van der Waals surface area contributed by atoms with Gasteiger partial charge in [-0.3, -0.25) is 0 Å². The number of rotatable bonds is 3. The van der Waals surface area contributed by atoms with E-state index < -0.39 is 0 Å². The molecule has 19 heavy (non-hydrogen) atoms. The van der Waals surface area contributed by atoms with Gasteiger partial charge in [-0.25, -0.2) is 9.97 Å². The zero-order valence-electron chi connectivity index (χ0n) is 10.8. The maximum atomic E-state index is 5.99. The number of methoxy groups -OCH3 is 1. The average Bonchev–Trinajstić information content (AvgIpc) is 2.86. The van der Waals surface area contributed by atoms with Crippen LogP contribution in [0.2, 0.25) is 5.28 Å². The van der Waals surface area contributed by atoms with Gasteiger partial charge in [0.25, 0.3) is 0 Å². The Bertz CT molecular complexity index is 590. The Kier molecular flexibility index (Phi) is 3.53. The highest BCUT2D eigenvalue weighted by atomic mass is 35.5. The van der Waals surface area contributed by atoms with Gasteiger partial charge in [0.2, 0.25) is 5.28 Å². The number of halogens is 1. The molecule has 1 aromatic heterocycles. The molecule has 4 nitrogen and oxygen atoms in total. The van der Waals surface area contributed by atoms with Crippen LogP contribution in [0, 0.1) is 0 Å². The van der Waals surface area contributed by atoms with Crippen molar-refractivity contribution in [1.82, 2.24) is 9.97 Å². The third-order valence-corrected chi connectivity index (χ3v) is 3.82. The lowest BCUT2D eigenvalue weighted by molar-refractivity contribution is 0.101. The van der Waals surface area contributed by atoms with E-state index in [0.29, 0.717) is 6.04 Å². The minimum absolute atomic E-state index is 0.243. The van der Waals surface area contributed by atoms with Crippen LogP contribution in [0.15, 0.2) is 24.3 Å². The van der Waals surface area contributed by atoms with Crippen LogP contribution in [0.4, 0.5) is 5.82 Å². The normalized spacial score (nSPS) is 22.8. The molecule has 0 aliphatic heterocycles. The maximum absolute atomic E-state index is 5.99. The molecule has 1 aromatic carbocycles. The molecular weight excluding hydrogens is 262 g/mol. The van der Waals surface area contributed by atoms with Crippen LogP contribution in [0.25, 0.3) is 10.9 Å². The number of para-hydroxylation sites is 1. The molecule has 0 radical (unpaired) electrons. The number of ether oxygens (including phenoxy) is 1. The van der Waals surface area contributed by atoms with Crippen LogP contribution in [0.5, 0.6) is 0 Å². The van der Waals surface area contributed by atoms with Gasteiger partial charge in [-0.1, -0.05) is 12.1 Å². The fraction of sp³-hybridized carbons (Fsp3) is 0.429. The Morgan fingerprint density at radius 2 is 2.11 bits per heavy atom. The van der Waals surface area contributed by atoms with Crippen LogP contribution in [0.1, 0.15) is 19.3 Å². The van der Waals surface area contributed by atoms with E-state index in [2.05, 4.69) is 15.3 Å². The molecule has 0 spiro atoms. The second-order valence-electron chi connectivity index (χ2n) is 4.81. The van der Waals surface area contributed by atoms with E-state index in [1.807, 2.05) is 24.3 Å². The van der Waals surface area contributed by atoms with Crippen molar-refractivity contribution >= 4 is 28.3 Å². The van der Waals surface area contributed by atoms with Crippen molar-refractivity contribution in [2.24, 2.45) is 0 Å². The first-order valence-corrected chi connectivity index (χ1v) is 6.87. The standard InChI is InChI=1S/C14H16ClN3O/c1-19-12-8-4-7-11(12)16-13-9-5-2-3-6-10(9)17-14(15)18-13/h2-3,5-6,11-12H,4,7-8H2,1H3,(H,16,17,18). The van der Waals surface area contributed by atoms with Crippen molar-refractivity contribution in [1.29, 1.82) is 0 Å². The smallest absolute Gasteiger partial charge is 0.224 e. The van der Waals surface area contributed by atoms with E-state index in [4.69, 9.17) is 16.3 Å². The SMILES string of the molecule is COC1CCCC1Nc1nc(Cl)nc2ccccc12. The number of anilines is 1. The largest absolute Gasteiger partial charge is 0.379 e. The highest BCUT2D eigenvalue weighted by Gasteiger charge is 2.27. The summed E-state index contributed by atoms with van der Waals surface area (Å²) < 4.78 is 5.50. The van der Waals surface area contributed by atoms with E-state index in [-0.39, 0.29) is 11.4 Å². The van der Waals surface area contributed by atoms with E-state index in [0.717, 1.165) is 29.6 Å². The second-order valence-corrected chi connectivity index (χ2v) is 5.15. The summed E-state index contributed by atoms with van der Waals surface area (Å²) in [7, 11) is 1.76. The number of nitrogens with zero attached hydrogens (tertiary/aromatic N) is 2. The van der Waals surface area contributed by atoms with Crippen LogP contribution in [-0.4, -0.2) is 29.2 Å². The molecule has 1 heterocycles. The van der Waals surface area contributed by atoms with Gasteiger partial charge in [0.05, 0.1) is 17.7 Å². The summed E-state index contributed by atoms with van der Waals surface area (Å²) >= 11 is 5.99. The fourth-order valence-electron chi connectivity index (χ4n) is 2.71. The number of fused-ring (bicyclic) bond motifs is 1. The molecule has 1 aliphatic rings. The third kappa shape index (κ3) is 2.51. The number of hydrogen-bond donors (Lipinski definition) is 1. The van der Waals surface area contributed by atoms with Crippen molar-refractivity contribution in [3.63, 3.8) is 0 Å². The first-order chi connectivity index (χ1) is 9.28. The minimum Gasteiger partial charge on any atom is -0.379 e. The van der Waals surface area contributed by atoms with Crippen molar-refractivity contribution in [2.45, 2.75) is 31.4 Å². The van der Waals surface area contributed by atoms with Crippen molar-refractivity contribution in [2.75, 3.05) is 12.4 Å². The molecule has 1 aliphatic carbocycles. The van der Waals surface area contributed by atoms with Crippen LogP contribution < -0.4 is 5.32 Å². The first-order valence-electron chi connectivity index (χ1n) is 6.49. The summed E-state index contributed by atoms with van der Waals surface area (Å²) in [6.45, 7) is 0. The zero-order chi connectivity index (χ0) is 13.2. The van der Waals surface area contributed by atoms with Crippen LogP contribution in [-0.2, 0) is 4.74 Å². The molecule has 1 fully saturated rings. The van der Waals surface area contributed by atoms with Crippen LogP contribution in [0.3, 0.4) is 0 Å². The quantitative estimate of drug-likeness (QED) is 0.875. The lowest BCUT2D eigenvalue weighted by atomic mass is 10.2. The molecule has 2 unspecified atom stereocenters. The number of hydrogen-bond acceptors (Lipinski definition) is 4. The van der Waals surface area contributed by atoms with Crippen molar-refractivity contribution in [3.8, 4) is 0 Å². The molecule has 2 atom stereocenters. The van der Waals surface area contributed by atoms with Gasteiger partial charge < -0.3 is 10.1 Å². The summed E-state index contributed by atoms with van der Waals surface area (Å²) in [6, 6.07) is 8.16. The molecule has 5 heteroatoms. The zero-order valence-corrected chi connectivity index (χ0v) is 11.5. The van der Waals surface area contributed by atoms with E-state index >= 15 is 0 Å². The van der Waals surface area contributed by atoms with E-state index in [1.54, 1.807) is 7.11 Å². The Balaban J connectivity index is 1.96. The van der Waals surface area contributed by atoms with Gasteiger partial charge in [-0.2, -0.15) is 0 Å². The number of aromatic nitrogens is 2. The monoisotopic (exact) mass is 277 g/mol. The Hall–Kier alpha value is -1.39. The molecule has 3 rings (SSSR count). The summed E-state index contributed by atoms with van der Waals surface area (Å²) in [5.74, 6) is 0.796. The van der Waals surface area contributed by atoms with Gasteiger partial charge in [-0.05, 0) is 43.0 Å². The van der Waals surface area contributed by atoms with Gasteiger partial charge in [0, 0.05) is 12.5 Å². The lowest BCUT2D eigenvalue weighted by Gasteiger charge is -2.21. The fourth-order valence-corrected chi connectivity index (χ4v) is 2.88. The first kappa shape index (κ1) is 12.6. The molecule has 0 amide bonds. The molecule has 0 saturated heterocycles. The molecular formula is C14H16ClN3O. The second kappa shape index (κ2) is 5.31. The van der Waals surface area contributed by atoms with Crippen molar-refractivity contribution in [3.05, 3.63) is 29.5 Å². The van der Waals surface area contributed by atoms with E-state index in [9.17, 15) is 0 Å². The van der Waals surface area contributed by atoms with Gasteiger partial charge in [0.15, 0.2) is 0 Å². The molecule has 1 saturated carbocycles. The molecule has 100 valence electrons. The highest BCUT2D eigenvalue weighted by Crippen LogP contribution is 2.28. The summed E-state index contributed by atoms with van der Waals surface area (Å²) in [5, 5.41) is 4.73. The van der Waals surface area contributed by atoms with Crippen LogP contribution >= 0.6 is 11.6 Å². The summed E-state index contributed by atoms with van der Waals surface area (Å²) in [6.07, 6.45) is 3.60. The van der Waals surface area contributed by atoms with Gasteiger partial charge in [-0.15, -0.1) is 0 Å². The summed E-state index contributed by atoms with van der Waals surface area (Å²) in [5.41, 5.74) is 0.858. The topological polar surface area (TPSA) is 47.0 Å². The molecule has 1 N–H and O–H groups in total. The van der Waals surface area contributed by atoms with Crippen molar-refractivity contribution < 1.29 is 4.74 Å². The maximum Gasteiger partial charge on any atom is 0.224 e. The third-order valence-electron chi connectivity index (χ3n) is 3.65. The predicted octanol–water partition coefficient (Wildman–Crippen LogP) is 3.26. The predicted molar refractivity (Wildman–Crippen MR) is 76.6 cm³/mol. The Morgan fingerprint density at radius 3 is 2.95 bits per heavy atom. The molecule has 2 aromatic rings.